The van der Waals surface area contributed by atoms with Gasteiger partial charge in [0.1, 0.15) is 0 Å². The standard InChI is InChI=1S/C21H27N5OS2/c1-20(2)13-8-9-21(20,3)16(11-13)22-23-17(27)12-29-19-25-24-18(15-5-4-10-28-15)26(19)14-6-7-14/h4-5,10,13-14H,6-9,11-12H2,1-3H3,(H,23,27)/b22-16-. The summed E-state index contributed by atoms with van der Waals surface area (Å²) in [6, 6.07) is 4.56. The van der Waals surface area contributed by atoms with Gasteiger partial charge in [-0.1, -0.05) is 38.6 Å². The zero-order valence-corrected chi connectivity index (χ0v) is 18.8. The normalized spacial score (nSPS) is 28.9. The second-order valence-corrected chi connectivity index (χ2v) is 11.2. The first-order valence-corrected chi connectivity index (χ1v) is 12.2. The maximum absolute atomic E-state index is 12.5. The van der Waals surface area contributed by atoms with Crippen molar-refractivity contribution in [3.05, 3.63) is 17.5 Å². The number of fused-ring (bicyclic) bond motifs is 2. The van der Waals surface area contributed by atoms with Gasteiger partial charge in [0.25, 0.3) is 5.91 Å². The summed E-state index contributed by atoms with van der Waals surface area (Å²) in [6.07, 6.45) is 5.76. The maximum Gasteiger partial charge on any atom is 0.250 e. The van der Waals surface area contributed by atoms with E-state index in [1.54, 1.807) is 11.3 Å². The molecule has 2 aromatic heterocycles. The van der Waals surface area contributed by atoms with Crippen molar-refractivity contribution in [1.82, 2.24) is 20.2 Å². The highest BCUT2D eigenvalue weighted by atomic mass is 32.2. The van der Waals surface area contributed by atoms with Crippen LogP contribution in [0.5, 0.6) is 0 Å². The minimum absolute atomic E-state index is 0.0744. The number of hydrogen-bond acceptors (Lipinski definition) is 6. The van der Waals surface area contributed by atoms with Gasteiger partial charge in [0.2, 0.25) is 0 Å². The largest absolute Gasteiger partial charge is 0.298 e. The number of thiophene rings is 1. The molecule has 0 radical (unpaired) electrons. The van der Waals surface area contributed by atoms with Crippen molar-refractivity contribution in [2.24, 2.45) is 21.8 Å². The van der Waals surface area contributed by atoms with Crippen LogP contribution >= 0.6 is 23.1 Å². The number of nitrogens with one attached hydrogen (secondary N) is 1. The van der Waals surface area contributed by atoms with Crippen LogP contribution < -0.4 is 5.43 Å². The van der Waals surface area contributed by atoms with Crippen LogP contribution in [0.3, 0.4) is 0 Å². The number of nitrogens with zero attached hydrogens (tertiary/aromatic N) is 4. The lowest BCUT2D eigenvalue weighted by Gasteiger charge is -2.34. The summed E-state index contributed by atoms with van der Waals surface area (Å²) in [7, 11) is 0. The molecule has 0 aliphatic heterocycles. The van der Waals surface area contributed by atoms with Gasteiger partial charge < -0.3 is 0 Å². The summed E-state index contributed by atoms with van der Waals surface area (Å²) < 4.78 is 2.20. The zero-order chi connectivity index (χ0) is 20.2. The molecule has 2 atom stereocenters. The molecule has 2 heterocycles. The molecule has 1 N–H and O–H groups in total. The molecular weight excluding hydrogens is 402 g/mol. The van der Waals surface area contributed by atoms with Gasteiger partial charge in [0.05, 0.1) is 10.6 Å². The van der Waals surface area contributed by atoms with Crippen molar-refractivity contribution in [3.63, 3.8) is 0 Å². The van der Waals surface area contributed by atoms with Gasteiger partial charge in [-0.15, -0.1) is 21.5 Å². The highest BCUT2D eigenvalue weighted by Crippen LogP contribution is 2.63. The third kappa shape index (κ3) is 3.15. The molecule has 2 bridgehead atoms. The van der Waals surface area contributed by atoms with E-state index >= 15 is 0 Å². The Balaban J connectivity index is 1.24. The predicted molar refractivity (Wildman–Crippen MR) is 117 cm³/mol. The van der Waals surface area contributed by atoms with E-state index in [4.69, 9.17) is 0 Å². The molecule has 2 unspecified atom stereocenters. The molecule has 1 amide bonds. The predicted octanol–water partition coefficient (Wildman–Crippen LogP) is 4.75. The number of thioether (sulfide) groups is 1. The average Bonchev–Trinajstić information content (AvgIpc) is 3.07. The lowest BCUT2D eigenvalue weighted by molar-refractivity contribution is -0.118. The van der Waals surface area contributed by atoms with Crippen molar-refractivity contribution in [3.8, 4) is 10.7 Å². The molecule has 6 nitrogen and oxygen atoms in total. The van der Waals surface area contributed by atoms with E-state index in [1.807, 2.05) is 6.07 Å². The molecule has 3 aliphatic carbocycles. The minimum atomic E-state index is -0.0744. The Morgan fingerprint density at radius 3 is 2.79 bits per heavy atom. The van der Waals surface area contributed by atoms with Crippen molar-refractivity contribution >= 4 is 34.7 Å². The number of carbonyl (C=O) groups is 1. The summed E-state index contributed by atoms with van der Waals surface area (Å²) >= 11 is 3.12. The number of carbonyl (C=O) groups excluding carboxylic acids is 1. The van der Waals surface area contributed by atoms with Crippen molar-refractivity contribution < 1.29 is 4.79 Å². The highest BCUT2D eigenvalue weighted by Gasteiger charge is 2.60. The van der Waals surface area contributed by atoms with Gasteiger partial charge in [0.15, 0.2) is 11.0 Å². The fourth-order valence-electron chi connectivity index (χ4n) is 5.00. The fourth-order valence-corrected chi connectivity index (χ4v) is 6.50. The Kier molecular flexibility index (Phi) is 4.62. The Morgan fingerprint density at radius 1 is 1.34 bits per heavy atom. The number of aromatic nitrogens is 3. The third-order valence-electron chi connectivity index (χ3n) is 7.48. The van der Waals surface area contributed by atoms with Gasteiger partial charge in [-0.2, -0.15) is 5.10 Å². The smallest absolute Gasteiger partial charge is 0.250 e. The average molecular weight is 430 g/mol. The van der Waals surface area contributed by atoms with E-state index in [0.29, 0.717) is 17.7 Å². The third-order valence-corrected chi connectivity index (χ3v) is 9.29. The van der Waals surface area contributed by atoms with Crippen LogP contribution in [-0.4, -0.2) is 32.1 Å². The molecule has 3 saturated carbocycles. The van der Waals surface area contributed by atoms with E-state index in [1.165, 1.54) is 30.3 Å². The number of hydrazone groups is 1. The van der Waals surface area contributed by atoms with Crippen LogP contribution in [0.25, 0.3) is 10.7 Å². The van der Waals surface area contributed by atoms with Crippen molar-refractivity contribution in [1.29, 1.82) is 0 Å². The topological polar surface area (TPSA) is 72.2 Å². The Morgan fingerprint density at radius 2 is 2.17 bits per heavy atom. The monoisotopic (exact) mass is 429 g/mol. The van der Waals surface area contributed by atoms with Crippen molar-refractivity contribution in [2.45, 2.75) is 64.1 Å². The maximum atomic E-state index is 12.5. The van der Waals surface area contributed by atoms with Gasteiger partial charge >= 0.3 is 0 Å². The summed E-state index contributed by atoms with van der Waals surface area (Å²) in [5.41, 5.74) is 4.36. The second kappa shape index (κ2) is 6.94. The summed E-state index contributed by atoms with van der Waals surface area (Å²) in [6.45, 7) is 7.01. The quantitative estimate of drug-likeness (QED) is 0.531. The Labute approximate surface area is 179 Å². The molecule has 0 spiro atoms. The molecule has 8 heteroatoms. The van der Waals surface area contributed by atoms with Crippen LogP contribution in [-0.2, 0) is 4.79 Å². The van der Waals surface area contributed by atoms with E-state index in [9.17, 15) is 4.79 Å². The van der Waals surface area contributed by atoms with Crippen LogP contribution in [0.2, 0.25) is 0 Å². The molecule has 154 valence electrons. The van der Waals surface area contributed by atoms with Crippen molar-refractivity contribution in [2.75, 3.05) is 5.75 Å². The second-order valence-electron chi connectivity index (χ2n) is 9.26. The molecule has 2 aromatic rings. The lowest BCUT2D eigenvalue weighted by atomic mass is 9.70. The zero-order valence-electron chi connectivity index (χ0n) is 17.1. The molecular formula is C21H27N5OS2. The number of rotatable bonds is 6. The SMILES string of the molecule is CC12CCC(C/C1=N/NC(=O)CSc1nnc(-c3cccs3)n1C1CC1)C2(C)C. The van der Waals surface area contributed by atoms with E-state index in [-0.39, 0.29) is 16.7 Å². The Hall–Kier alpha value is -1.67. The van der Waals surface area contributed by atoms with Crippen LogP contribution in [0.4, 0.5) is 0 Å². The first-order valence-electron chi connectivity index (χ1n) is 10.4. The van der Waals surface area contributed by atoms with Gasteiger partial charge in [-0.3, -0.25) is 9.36 Å². The molecule has 0 aromatic carbocycles. The first-order chi connectivity index (χ1) is 13.9. The summed E-state index contributed by atoms with van der Waals surface area (Å²) in [4.78, 5) is 13.6. The molecule has 29 heavy (non-hydrogen) atoms. The number of hydrogen-bond donors (Lipinski definition) is 1. The summed E-state index contributed by atoms with van der Waals surface area (Å²) in [5.74, 6) is 1.83. The van der Waals surface area contributed by atoms with Gasteiger partial charge in [0, 0.05) is 17.2 Å². The summed E-state index contributed by atoms with van der Waals surface area (Å²) in [5, 5.41) is 16.2. The van der Waals surface area contributed by atoms with Crippen LogP contribution in [0.1, 0.15) is 58.9 Å². The minimum Gasteiger partial charge on any atom is -0.298 e. The first kappa shape index (κ1) is 19.3. The highest BCUT2D eigenvalue weighted by molar-refractivity contribution is 7.99. The van der Waals surface area contributed by atoms with E-state index in [2.05, 4.69) is 57.5 Å². The molecule has 3 aliphatic rings. The Bertz CT molecular complexity index is 960. The molecule has 0 saturated heterocycles. The molecule has 5 rings (SSSR count). The lowest BCUT2D eigenvalue weighted by Crippen LogP contribution is -2.34. The molecule has 3 fully saturated rings. The van der Waals surface area contributed by atoms with Crippen LogP contribution in [0, 0.1) is 16.7 Å². The van der Waals surface area contributed by atoms with E-state index in [0.717, 1.165) is 35.1 Å². The number of amides is 1. The van der Waals surface area contributed by atoms with Gasteiger partial charge in [-0.05, 0) is 54.9 Å². The van der Waals surface area contributed by atoms with Gasteiger partial charge in [-0.25, -0.2) is 5.43 Å². The van der Waals surface area contributed by atoms with Crippen LogP contribution in [0.15, 0.2) is 27.8 Å². The fraction of sp³-hybridized carbons (Fsp3) is 0.619. The van der Waals surface area contributed by atoms with E-state index < -0.39 is 0 Å².